The monoisotopic (exact) mass is 474 g/mol. The first-order chi connectivity index (χ1) is 13.9. The molecule has 152 valence electrons. The summed E-state index contributed by atoms with van der Waals surface area (Å²) in [5.41, 5.74) is 3.14. The van der Waals surface area contributed by atoms with E-state index in [0.29, 0.717) is 13.0 Å². The third-order valence-electron chi connectivity index (χ3n) is 4.49. The van der Waals surface area contributed by atoms with Gasteiger partial charge >= 0.3 is 0 Å². The highest BCUT2D eigenvalue weighted by molar-refractivity contribution is 9.10. The predicted molar refractivity (Wildman–Crippen MR) is 119 cm³/mol. The van der Waals surface area contributed by atoms with Gasteiger partial charge in [-0.15, -0.1) is 0 Å². The Morgan fingerprint density at radius 2 is 1.59 bits per heavy atom. The smallest absolute Gasteiger partial charge is 0.264 e. The Morgan fingerprint density at radius 1 is 0.931 bits per heavy atom. The molecule has 0 aliphatic heterocycles. The summed E-state index contributed by atoms with van der Waals surface area (Å²) in [6.45, 7) is 0.555. The van der Waals surface area contributed by atoms with E-state index in [9.17, 15) is 8.42 Å². The molecule has 0 radical (unpaired) electrons. The van der Waals surface area contributed by atoms with Crippen molar-refractivity contribution in [2.24, 2.45) is 0 Å². The standard InChI is InChI=1S/C23H23BrO4S/c1-29(25,26)28-15-14-21(19-10-6-3-7-11-19)22-16-20(24)12-13-23(22)27-17-18-8-4-2-5-9-18/h2-13,16,21H,14-15,17H2,1H3. The Balaban J connectivity index is 1.90. The molecule has 29 heavy (non-hydrogen) atoms. The van der Waals surface area contributed by atoms with E-state index in [1.807, 2.05) is 78.9 Å². The average molecular weight is 475 g/mol. The maximum atomic E-state index is 11.4. The number of hydrogen-bond acceptors (Lipinski definition) is 4. The lowest BCUT2D eigenvalue weighted by Crippen LogP contribution is -2.11. The molecule has 0 spiro atoms. The van der Waals surface area contributed by atoms with Crippen LogP contribution in [0.1, 0.15) is 29.0 Å². The third kappa shape index (κ3) is 6.70. The first-order valence-corrected chi connectivity index (χ1v) is 11.9. The second-order valence-electron chi connectivity index (χ2n) is 6.73. The van der Waals surface area contributed by atoms with Crippen molar-refractivity contribution in [1.29, 1.82) is 0 Å². The minimum Gasteiger partial charge on any atom is -0.489 e. The maximum Gasteiger partial charge on any atom is 0.264 e. The van der Waals surface area contributed by atoms with Crippen LogP contribution in [-0.4, -0.2) is 21.3 Å². The summed E-state index contributed by atoms with van der Waals surface area (Å²) >= 11 is 3.55. The fourth-order valence-electron chi connectivity index (χ4n) is 3.16. The van der Waals surface area contributed by atoms with E-state index in [2.05, 4.69) is 15.9 Å². The Hall–Kier alpha value is -2.15. The van der Waals surface area contributed by atoms with Gasteiger partial charge < -0.3 is 4.74 Å². The fraction of sp³-hybridized carbons (Fsp3) is 0.217. The van der Waals surface area contributed by atoms with Crippen molar-refractivity contribution in [2.45, 2.75) is 18.9 Å². The number of hydrogen-bond donors (Lipinski definition) is 0. The zero-order valence-corrected chi connectivity index (χ0v) is 18.5. The van der Waals surface area contributed by atoms with E-state index < -0.39 is 10.1 Å². The predicted octanol–water partition coefficient (Wildman–Crippen LogP) is 5.53. The Kier molecular flexibility index (Phi) is 7.47. The molecule has 0 fully saturated rings. The van der Waals surface area contributed by atoms with E-state index in [0.717, 1.165) is 33.2 Å². The summed E-state index contributed by atoms with van der Waals surface area (Å²) in [5.74, 6) is 0.700. The van der Waals surface area contributed by atoms with E-state index in [1.165, 1.54) is 0 Å². The molecule has 3 aromatic carbocycles. The van der Waals surface area contributed by atoms with E-state index >= 15 is 0 Å². The molecule has 1 unspecified atom stereocenters. The van der Waals surface area contributed by atoms with Crippen LogP contribution >= 0.6 is 15.9 Å². The quantitative estimate of drug-likeness (QED) is 0.382. The average Bonchev–Trinajstić information content (AvgIpc) is 2.71. The van der Waals surface area contributed by atoms with Crippen LogP contribution in [0.2, 0.25) is 0 Å². The Bertz CT molecular complexity index is 1020. The van der Waals surface area contributed by atoms with E-state index in [1.54, 1.807) is 0 Å². The van der Waals surface area contributed by atoms with Crippen LogP contribution in [0.4, 0.5) is 0 Å². The second-order valence-corrected chi connectivity index (χ2v) is 9.29. The molecular formula is C23H23BrO4S. The van der Waals surface area contributed by atoms with Gasteiger partial charge in [-0.2, -0.15) is 8.42 Å². The number of benzene rings is 3. The van der Waals surface area contributed by atoms with Gasteiger partial charge in [0.15, 0.2) is 0 Å². The van der Waals surface area contributed by atoms with Gasteiger partial charge in [0.25, 0.3) is 10.1 Å². The van der Waals surface area contributed by atoms with Crippen LogP contribution in [0.25, 0.3) is 0 Å². The van der Waals surface area contributed by atoms with Crippen molar-refractivity contribution in [3.63, 3.8) is 0 Å². The molecule has 0 aliphatic rings. The highest BCUT2D eigenvalue weighted by atomic mass is 79.9. The molecule has 0 amide bonds. The van der Waals surface area contributed by atoms with Crippen molar-refractivity contribution in [1.82, 2.24) is 0 Å². The van der Waals surface area contributed by atoms with Crippen molar-refractivity contribution in [3.8, 4) is 5.75 Å². The van der Waals surface area contributed by atoms with Crippen LogP contribution in [0.5, 0.6) is 5.75 Å². The van der Waals surface area contributed by atoms with Crippen LogP contribution in [0.3, 0.4) is 0 Å². The summed E-state index contributed by atoms with van der Waals surface area (Å²) in [5, 5.41) is 0. The van der Waals surface area contributed by atoms with Crippen LogP contribution in [-0.2, 0) is 20.9 Å². The van der Waals surface area contributed by atoms with Crippen molar-refractivity contribution >= 4 is 26.0 Å². The van der Waals surface area contributed by atoms with Crippen molar-refractivity contribution in [3.05, 3.63) is 100 Å². The lowest BCUT2D eigenvalue weighted by atomic mass is 9.88. The molecule has 0 aliphatic carbocycles. The molecule has 3 rings (SSSR count). The van der Waals surface area contributed by atoms with Gasteiger partial charge in [0.05, 0.1) is 12.9 Å². The van der Waals surface area contributed by atoms with Crippen LogP contribution in [0, 0.1) is 0 Å². The molecule has 4 nitrogen and oxygen atoms in total. The summed E-state index contributed by atoms with van der Waals surface area (Å²) < 4.78 is 34.9. The number of halogens is 1. The zero-order chi connectivity index (χ0) is 20.7. The summed E-state index contributed by atoms with van der Waals surface area (Å²) in [4.78, 5) is 0. The highest BCUT2D eigenvalue weighted by Crippen LogP contribution is 2.36. The molecule has 1 atom stereocenters. The highest BCUT2D eigenvalue weighted by Gasteiger charge is 2.20. The molecule has 0 N–H and O–H groups in total. The number of ether oxygens (including phenoxy) is 1. The van der Waals surface area contributed by atoms with Crippen molar-refractivity contribution in [2.75, 3.05) is 12.9 Å². The Labute approximate surface area is 180 Å². The molecule has 3 aromatic rings. The fourth-order valence-corrected chi connectivity index (χ4v) is 3.94. The maximum absolute atomic E-state index is 11.4. The summed E-state index contributed by atoms with van der Waals surface area (Å²) in [6.07, 6.45) is 1.58. The van der Waals surface area contributed by atoms with E-state index in [-0.39, 0.29) is 12.5 Å². The molecule has 0 saturated carbocycles. The van der Waals surface area contributed by atoms with Crippen molar-refractivity contribution < 1.29 is 17.3 Å². The topological polar surface area (TPSA) is 52.6 Å². The number of rotatable bonds is 9. The van der Waals surface area contributed by atoms with Gasteiger partial charge in [-0.25, -0.2) is 0 Å². The van der Waals surface area contributed by atoms with Crippen LogP contribution < -0.4 is 4.74 Å². The minimum absolute atomic E-state index is 0.0683. The molecule has 0 aromatic heterocycles. The van der Waals surface area contributed by atoms with Gasteiger partial charge in [-0.1, -0.05) is 76.6 Å². The van der Waals surface area contributed by atoms with E-state index in [4.69, 9.17) is 8.92 Å². The zero-order valence-electron chi connectivity index (χ0n) is 16.1. The summed E-state index contributed by atoms with van der Waals surface area (Å²) in [7, 11) is -3.49. The lowest BCUT2D eigenvalue weighted by molar-refractivity contribution is 0.293. The largest absolute Gasteiger partial charge is 0.489 e. The van der Waals surface area contributed by atoms with Gasteiger partial charge in [0, 0.05) is 16.0 Å². The Morgan fingerprint density at radius 3 is 2.24 bits per heavy atom. The van der Waals surface area contributed by atoms with Gasteiger partial charge in [0.2, 0.25) is 0 Å². The SMILES string of the molecule is CS(=O)(=O)OCCC(c1ccccc1)c1cc(Br)ccc1OCc1ccccc1. The first kappa shape index (κ1) is 21.6. The second kappa shape index (κ2) is 10.1. The molecule has 0 saturated heterocycles. The van der Waals surface area contributed by atoms with Crippen LogP contribution in [0.15, 0.2) is 83.3 Å². The van der Waals surface area contributed by atoms with Gasteiger partial charge in [-0.3, -0.25) is 4.18 Å². The van der Waals surface area contributed by atoms with Gasteiger partial charge in [-0.05, 0) is 35.7 Å². The molecule has 6 heteroatoms. The molecule has 0 heterocycles. The normalized spacial score (nSPS) is 12.5. The lowest BCUT2D eigenvalue weighted by Gasteiger charge is -2.22. The molecular weight excluding hydrogens is 452 g/mol. The molecule has 0 bridgehead atoms. The first-order valence-electron chi connectivity index (χ1n) is 9.28. The third-order valence-corrected chi connectivity index (χ3v) is 5.58. The van der Waals surface area contributed by atoms with Gasteiger partial charge in [0.1, 0.15) is 12.4 Å². The minimum atomic E-state index is -3.49. The summed E-state index contributed by atoms with van der Waals surface area (Å²) in [6, 6.07) is 25.9.